The van der Waals surface area contributed by atoms with E-state index in [4.69, 9.17) is 4.74 Å². The molecule has 2 aromatic rings. The summed E-state index contributed by atoms with van der Waals surface area (Å²) in [4.78, 5) is 2.32. The van der Waals surface area contributed by atoms with Crippen LogP contribution in [-0.2, 0) is 24.8 Å². The third-order valence-electron chi connectivity index (χ3n) is 5.72. The summed E-state index contributed by atoms with van der Waals surface area (Å²) >= 11 is 0. The second-order valence-corrected chi connectivity index (χ2v) is 11.8. The summed E-state index contributed by atoms with van der Waals surface area (Å²) in [6.07, 6.45) is 1.67. The molecule has 0 radical (unpaired) electrons. The van der Waals surface area contributed by atoms with Crippen molar-refractivity contribution in [3.63, 3.8) is 0 Å². The Morgan fingerprint density at radius 3 is 2.19 bits per heavy atom. The summed E-state index contributed by atoms with van der Waals surface area (Å²) in [6, 6.07) is 13.3. The van der Waals surface area contributed by atoms with Crippen molar-refractivity contribution in [2.24, 2.45) is 0 Å². The number of sulfonamides is 2. The zero-order valence-corrected chi connectivity index (χ0v) is 19.7. The smallest absolute Gasteiger partial charge is 0.240 e. The molecule has 1 aliphatic heterocycles. The van der Waals surface area contributed by atoms with Crippen molar-refractivity contribution in [1.29, 1.82) is 0 Å². The van der Waals surface area contributed by atoms with E-state index in [2.05, 4.69) is 20.4 Å². The Morgan fingerprint density at radius 1 is 0.969 bits per heavy atom. The van der Waals surface area contributed by atoms with Crippen LogP contribution in [0.5, 0.6) is 0 Å². The number of hydrogen-bond acceptors (Lipinski definition) is 6. The summed E-state index contributed by atoms with van der Waals surface area (Å²) in [7, 11) is -7.43. The summed E-state index contributed by atoms with van der Waals surface area (Å²) in [6.45, 7) is 4.88. The Morgan fingerprint density at radius 2 is 1.59 bits per heavy atom. The van der Waals surface area contributed by atoms with Crippen molar-refractivity contribution in [2.45, 2.75) is 41.6 Å². The minimum atomic E-state index is -3.81. The van der Waals surface area contributed by atoms with Crippen LogP contribution in [0.3, 0.4) is 0 Å². The molecule has 10 heteroatoms. The zero-order valence-electron chi connectivity index (χ0n) is 18.0. The summed E-state index contributed by atoms with van der Waals surface area (Å²) < 4.78 is 61.3. The molecule has 32 heavy (non-hydrogen) atoms. The number of aryl methyl sites for hydroxylation is 1. The van der Waals surface area contributed by atoms with Crippen molar-refractivity contribution in [3.05, 3.63) is 59.7 Å². The molecule has 4 rings (SSSR count). The number of benzene rings is 2. The average molecular weight is 480 g/mol. The zero-order chi connectivity index (χ0) is 22.8. The first-order valence-corrected chi connectivity index (χ1v) is 13.7. The predicted molar refractivity (Wildman–Crippen MR) is 121 cm³/mol. The molecule has 2 aliphatic rings. The van der Waals surface area contributed by atoms with E-state index in [1.54, 1.807) is 0 Å². The normalized spacial score (nSPS) is 19.0. The van der Waals surface area contributed by atoms with Crippen molar-refractivity contribution in [1.82, 2.24) is 14.3 Å². The largest absolute Gasteiger partial charge is 0.379 e. The lowest BCUT2D eigenvalue weighted by Crippen LogP contribution is -2.43. The third kappa shape index (κ3) is 5.75. The fraction of sp³-hybridized carbons (Fsp3) is 0.455. The molecule has 1 heterocycles. The molecule has 2 aromatic carbocycles. The molecule has 2 N–H and O–H groups in total. The van der Waals surface area contributed by atoms with Crippen LogP contribution in [0.1, 0.15) is 30.0 Å². The predicted octanol–water partition coefficient (Wildman–Crippen LogP) is 1.79. The summed E-state index contributed by atoms with van der Waals surface area (Å²) in [5.74, 6) is 0. The van der Waals surface area contributed by atoms with Crippen LogP contribution in [0, 0.1) is 6.92 Å². The van der Waals surface area contributed by atoms with Gasteiger partial charge in [-0.15, -0.1) is 0 Å². The van der Waals surface area contributed by atoms with E-state index in [9.17, 15) is 16.8 Å². The van der Waals surface area contributed by atoms with Crippen LogP contribution in [-0.4, -0.2) is 60.6 Å². The second kappa shape index (κ2) is 9.58. The first-order chi connectivity index (χ1) is 15.2. The van der Waals surface area contributed by atoms with E-state index >= 15 is 0 Å². The maximum Gasteiger partial charge on any atom is 0.240 e. The number of morpholine rings is 1. The van der Waals surface area contributed by atoms with E-state index in [-0.39, 0.29) is 28.4 Å². The number of hydrogen-bond donors (Lipinski definition) is 2. The quantitative estimate of drug-likeness (QED) is 0.568. The van der Waals surface area contributed by atoms with Crippen LogP contribution in [0.15, 0.2) is 58.3 Å². The lowest BCUT2D eigenvalue weighted by molar-refractivity contribution is 0.0172. The lowest BCUT2D eigenvalue weighted by Gasteiger charge is -2.35. The lowest BCUT2D eigenvalue weighted by atomic mass is 10.0. The third-order valence-corrected chi connectivity index (χ3v) is 8.70. The molecule has 174 valence electrons. The van der Waals surface area contributed by atoms with Gasteiger partial charge in [0.1, 0.15) is 0 Å². The molecule has 0 aromatic heterocycles. The van der Waals surface area contributed by atoms with Crippen molar-refractivity contribution < 1.29 is 21.6 Å². The Hall–Kier alpha value is -1.82. The minimum absolute atomic E-state index is 0.0104. The molecule has 0 spiro atoms. The van der Waals surface area contributed by atoms with Gasteiger partial charge in [-0.3, -0.25) is 4.90 Å². The number of rotatable bonds is 9. The number of ether oxygens (including phenoxy) is 1. The SMILES string of the molecule is Cc1cccc(C(CNS(=O)(=O)c2ccc(S(=O)(=O)NC3CC3)cc2)N2CCOCC2)c1. The summed E-state index contributed by atoms with van der Waals surface area (Å²) in [5.41, 5.74) is 2.16. The van der Waals surface area contributed by atoms with E-state index in [0.29, 0.717) is 13.2 Å². The highest BCUT2D eigenvalue weighted by molar-refractivity contribution is 7.90. The van der Waals surface area contributed by atoms with Crippen LogP contribution >= 0.6 is 0 Å². The maximum absolute atomic E-state index is 12.9. The van der Waals surface area contributed by atoms with Gasteiger partial charge in [0.25, 0.3) is 0 Å². The van der Waals surface area contributed by atoms with E-state index in [1.807, 2.05) is 25.1 Å². The first kappa shape index (κ1) is 23.3. The molecule has 8 nitrogen and oxygen atoms in total. The van der Waals surface area contributed by atoms with Gasteiger partial charge in [0.05, 0.1) is 23.0 Å². The molecular formula is C22H29N3O5S2. The second-order valence-electron chi connectivity index (χ2n) is 8.30. The Labute approximate surface area is 190 Å². The van der Waals surface area contributed by atoms with Gasteiger partial charge < -0.3 is 4.74 Å². The van der Waals surface area contributed by atoms with Crippen molar-refractivity contribution in [2.75, 3.05) is 32.8 Å². The van der Waals surface area contributed by atoms with E-state index in [0.717, 1.165) is 37.1 Å². The molecule has 0 bridgehead atoms. The standard InChI is InChI=1S/C22H29N3O5S2/c1-17-3-2-4-18(15-17)22(25-11-13-30-14-12-25)16-23-31(26,27)20-7-9-21(10-8-20)32(28,29)24-19-5-6-19/h2-4,7-10,15,19,22-24H,5-6,11-14,16H2,1H3. The topological polar surface area (TPSA) is 105 Å². The van der Waals surface area contributed by atoms with Crippen molar-refractivity contribution >= 4 is 20.0 Å². The van der Waals surface area contributed by atoms with Gasteiger partial charge in [-0.25, -0.2) is 26.3 Å². The van der Waals surface area contributed by atoms with Gasteiger partial charge in [0.2, 0.25) is 20.0 Å². The molecule has 1 saturated heterocycles. The maximum atomic E-state index is 12.9. The number of nitrogens with zero attached hydrogens (tertiary/aromatic N) is 1. The van der Waals surface area contributed by atoms with E-state index in [1.165, 1.54) is 24.3 Å². The van der Waals surface area contributed by atoms with Gasteiger partial charge in [-0.2, -0.15) is 0 Å². The Bertz CT molecular complexity index is 1140. The average Bonchev–Trinajstić information content (AvgIpc) is 3.58. The monoisotopic (exact) mass is 479 g/mol. The first-order valence-electron chi connectivity index (χ1n) is 10.7. The molecule has 1 saturated carbocycles. The van der Waals surface area contributed by atoms with Gasteiger partial charge in [0, 0.05) is 31.7 Å². The Balaban J connectivity index is 1.49. The molecule has 1 atom stereocenters. The summed E-state index contributed by atoms with van der Waals surface area (Å²) in [5, 5.41) is 0. The van der Waals surface area contributed by atoms with Gasteiger partial charge in [-0.05, 0) is 49.6 Å². The van der Waals surface area contributed by atoms with Gasteiger partial charge in [0.15, 0.2) is 0 Å². The molecular weight excluding hydrogens is 450 g/mol. The van der Waals surface area contributed by atoms with Crippen LogP contribution in [0.2, 0.25) is 0 Å². The fourth-order valence-corrected chi connectivity index (χ4v) is 6.13. The highest BCUT2D eigenvalue weighted by Gasteiger charge is 2.29. The highest BCUT2D eigenvalue weighted by atomic mass is 32.2. The minimum Gasteiger partial charge on any atom is -0.379 e. The molecule has 1 unspecified atom stereocenters. The van der Waals surface area contributed by atoms with Crippen LogP contribution in [0.25, 0.3) is 0 Å². The van der Waals surface area contributed by atoms with Gasteiger partial charge >= 0.3 is 0 Å². The van der Waals surface area contributed by atoms with Gasteiger partial charge in [-0.1, -0.05) is 29.8 Å². The molecule has 0 amide bonds. The van der Waals surface area contributed by atoms with E-state index < -0.39 is 20.0 Å². The fourth-order valence-electron chi connectivity index (χ4n) is 3.78. The number of nitrogens with one attached hydrogen (secondary N) is 2. The Kier molecular flexibility index (Phi) is 6.99. The molecule has 2 fully saturated rings. The van der Waals surface area contributed by atoms with Crippen molar-refractivity contribution in [3.8, 4) is 0 Å². The van der Waals surface area contributed by atoms with Crippen LogP contribution < -0.4 is 9.44 Å². The van der Waals surface area contributed by atoms with Crippen LogP contribution in [0.4, 0.5) is 0 Å². The molecule has 1 aliphatic carbocycles. The highest BCUT2D eigenvalue weighted by Crippen LogP contribution is 2.24.